The lowest BCUT2D eigenvalue weighted by molar-refractivity contribution is 0.0698. The van der Waals surface area contributed by atoms with Crippen molar-refractivity contribution in [3.63, 3.8) is 0 Å². The number of benzene rings is 1. The van der Waals surface area contributed by atoms with Gasteiger partial charge in [0.25, 0.3) is 0 Å². The highest BCUT2D eigenvalue weighted by Crippen LogP contribution is 2.21. The number of carbonyl (C=O) groups excluding carboxylic acids is 1. The Morgan fingerprint density at radius 1 is 1.40 bits per heavy atom. The van der Waals surface area contributed by atoms with Gasteiger partial charge >= 0.3 is 12.0 Å². The van der Waals surface area contributed by atoms with E-state index in [2.05, 4.69) is 31.3 Å². The van der Waals surface area contributed by atoms with Gasteiger partial charge in [0.15, 0.2) is 5.82 Å². The third-order valence-electron chi connectivity index (χ3n) is 2.26. The van der Waals surface area contributed by atoms with Crippen molar-refractivity contribution in [2.45, 2.75) is 6.54 Å². The molecule has 2 amide bonds. The molecule has 0 saturated heterocycles. The van der Waals surface area contributed by atoms with Crippen LogP contribution in [0.2, 0.25) is 5.02 Å². The summed E-state index contributed by atoms with van der Waals surface area (Å²) in [6.45, 7) is 0.0469. The van der Waals surface area contributed by atoms with E-state index in [-0.39, 0.29) is 17.8 Å². The lowest BCUT2D eigenvalue weighted by Gasteiger charge is -2.09. The number of rotatable bonds is 4. The van der Waals surface area contributed by atoms with Crippen LogP contribution in [0.3, 0.4) is 0 Å². The molecule has 0 bridgehead atoms. The number of nitrogens with zero attached hydrogens (tertiary/aromatic N) is 3. The first-order valence-electron chi connectivity index (χ1n) is 5.36. The van der Waals surface area contributed by atoms with Gasteiger partial charge in [0.1, 0.15) is 0 Å². The molecule has 2 rings (SSSR count). The van der Waals surface area contributed by atoms with Crippen molar-refractivity contribution >= 4 is 29.3 Å². The Labute approximate surface area is 117 Å². The Bertz CT molecular complexity index is 630. The number of carbonyl (C=O) groups is 2. The van der Waals surface area contributed by atoms with Gasteiger partial charge in [-0.1, -0.05) is 16.8 Å². The molecule has 9 nitrogen and oxygen atoms in total. The number of hydrogen-bond acceptors (Lipinski definition) is 5. The summed E-state index contributed by atoms with van der Waals surface area (Å²) in [4.78, 5) is 22.7. The zero-order chi connectivity index (χ0) is 14.5. The molecule has 104 valence electrons. The van der Waals surface area contributed by atoms with E-state index in [0.29, 0.717) is 10.8 Å². The second-order valence-corrected chi connectivity index (χ2v) is 4.07. The van der Waals surface area contributed by atoms with Crippen LogP contribution in [0.25, 0.3) is 0 Å². The van der Waals surface area contributed by atoms with Crippen LogP contribution >= 0.6 is 11.6 Å². The van der Waals surface area contributed by atoms with Crippen LogP contribution in [0.1, 0.15) is 16.2 Å². The summed E-state index contributed by atoms with van der Waals surface area (Å²) in [7, 11) is 0. The smallest absolute Gasteiger partial charge is 0.337 e. The summed E-state index contributed by atoms with van der Waals surface area (Å²) >= 11 is 5.77. The van der Waals surface area contributed by atoms with Crippen LogP contribution in [0.5, 0.6) is 0 Å². The van der Waals surface area contributed by atoms with E-state index in [1.54, 1.807) is 0 Å². The standard InChI is InChI=1S/C10H9ClN6O3/c11-5-1-2-6(9(18)19)7(3-5)13-10(20)12-4-8-14-16-17-15-8/h1-3H,4H2,(H,18,19)(H2,12,13,20)(H,14,15,16,17). The van der Waals surface area contributed by atoms with Crippen molar-refractivity contribution < 1.29 is 14.7 Å². The molecule has 0 aliphatic rings. The number of aromatic carboxylic acids is 1. The summed E-state index contributed by atoms with van der Waals surface area (Å²) in [6.07, 6.45) is 0. The monoisotopic (exact) mass is 296 g/mol. The van der Waals surface area contributed by atoms with Gasteiger partial charge in [-0.2, -0.15) is 5.21 Å². The molecule has 0 fully saturated rings. The maximum Gasteiger partial charge on any atom is 0.337 e. The van der Waals surface area contributed by atoms with Crippen LogP contribution in [-0.2, 0) is 6.54 Å². The molecule has 0 radical (unpaired) electrons. The predicted molar refractivity (Wildman–Crippen MR) is 68.4 cm³/mol. The molecular weight excluding hydrogens is 288 g/mol. The highest BCUT2D eigenvalue weighted by atomic mass is 35.5. The van der Waals surface area contributed by atoms with Gasteiger partial charge in [0, 0.05) is 5.02 Å². The van der Waals surface area contributed by atoms with Crippen LogP contribution in [0, 0.1) is 0 Å². The lowest BCUT2D eigenvalue weighted by atomic mass is 10.2. The predicted octanol–water partition coefficient (Wildman–Crippen LogP) is 0.873. The number of aromatic nitrogens is 4. The number of tetrazole rings is 1. The highest BCUT2D eigenvalue weighted by molar-refractivity contribution is 6.31. The van der Waals surface area contributed by atoms with Crippen molar-refractivity contribution in [1.29, 1.82) is 0 Å². The van der Waals surface area contributed by atoms with Gasteiger partial charge < -0.3 is 15.7 Å². The van der Waals surface area contributed by atoms with Crippen LogP contribution in [-0.4, -0.2) is 37.7 Å². The molecule has 0 aliphatic heterocycles. The number of aromatic amines is 1. The van der Waals surface area contributed by atoms with Gasteiger partial charge in [0.05, 0.1) is 17.8 Å². The Morgan fingerprint density at radius 3 is 2.85 bits per heavy atom. The molecule has 4 N–H and O–H groups in total. The Kier molecular flexibility index (Phi) is 4.11. The number of hydrogen-bond donors (Lipinski definition) is 4. The first-order chi connectivity index (χ1) is 9.56. The molecule has 2 aromatic rings. The first kappa shape index (κ1) is 13.7. The number of halogens is 1. The van der Waals surface area contributed by atoms with Gasteiger partial charge in [-0.25, -0.2) is 9.59 Å². The quantitative estimate of drug-likeness (QED) is 0.661. The van der Waals surface area contributed by atoms with Crippen molar-refractivity contribution in [2.24, 2.45) is 0 Å². The summed E-state index contributed by atoms with van der Waals surface area (Å²) in [6, 6.07) is 3.46. The van der Waals surface area contributed by atoms with Gasteiger partial charge in [-0.15, -0.1) is 10.2 Å². The van der Waals surface area contributed by atoms with Crippen LogP contribution in [0.4, 0.5) is 10.5 Å². The Morgan fingerprint density at radius 2 is 2.20 bits per heavy atom. The molecule has 1 heterocycles. The van der Waals surface area contributed by atoms with Crippen molar-refractivity contribution in [3.8, 4) is 0 Å². The average Bonchev–Trinajstić information content (AvgIpc) is 2.89. The molecule has 0 unspecified atom stereocenters. The highest BCUT2D eigenvalue weighted by Gasteiger charge is 2.13. The number of H-pyrrole nitrogens is 1. The number of carboxylic acid groups (broad SMARTS) is 1. The molecule has 1 aromatic heterocycles. The molecule has 10 heteroatoms. The summed E-state index contributed by atoms with van der Waals surface area (Å²) < 4.78 is 0. The fourth-order valence-electron chi connectivity index (χ4n) is 1.39. The van der Waals surface area contributed by atoms with E-state index < -0.39 is 12.0 Å². The average molecular weight is 297 g/mol. The normalized spacial score (nSPS) is 10.1. The minimum atomic E-state index is -1.17. The Balaban J connectivity index is 2.03. The number of anilines is 1. The second-order valence-electron chi connectivity index (χ2n) is 3.63. The molecule has 0 spiro atoms. The summed E-state index contributed by atoms with van der Waals surface area (Å²) in [5.41, 5.74) is 0.0275. The minimum Gasteiger partial charge on any atom is -0.478 e. The number of urea groups is 1. The first-order valence-corrected chi connectivity index (χ1v) is 5.74. The third-order valence-corrected chi connectivity index (χ3v) is 2.49. The molecule has 0 atom stereocenters. The van der Waals surface area contributed by atoms with E-state index in [9.17, 15) is 9.59 Å². The third kappa shape index (κ3) is 3.42. The number of amides is 2. The van der Waals surface area contributed by atoms with E-state index in [0.717, 1.165) is 0 Å². The largest absolute Gasteiger partial charge is 0.478 e. The molecular formula is C10H9ClN6O3. The van der Waals surface area contributed by atoms with Gasteiger partial charge in [-0.3, -0.25) is 0 Å². The number of nitrogens with one attached hydrogen (secondary N) is 3. The molecule has 1 aromatic carbocycles. The van der Waals surface area contributed by atoms with Crippen LogP contribution < -0.4 is 10.6 Å². The summed E-state index contributed by atoms with van der Waals surface area (Å²) in [5.74, 6) is -0.875. The topological polar surface area (TPSA) is 133 Å². The fourth-order valence-corrected chi connectivity index (χ4v) is 1.56. The summed E-state index contributed by atoms with van der Waals surface area (Å²) in [5, 5.41) is 27.0. The number of carboxylic acids is 1. The molecule has 20 heavy (non-hydrogen) atoms. The maximum atomic E-state index is 11.6. The van der Waals surface area contributed by atoms with E-state index >= 15 is 0 Å². The SMILES string of the molecule is O=C(NCc1nn[nH]n1)Nc1cc(Cl)ccc1C(=O)O. The maximum absolute atomic E-state index is 11.6. The molecule has 0 aliphatic carbocycles. The van der Waals surface area contributed by atoms with Crippen molar-refractivity contribution in [2.75, 3.05) is 5.32 Å². The van der Waals surface area contributed by atoms with Gasteiger partial charge in [0.2, 0.25) is 0 Å². The van der Waals surface area contributed by atoms with E-state index in [4.69, 9.17) is 16.7 Å². The van der Waals surface area contributed by atoms with Crippen molar-refractivity contribution in [1.82, 2.24) is 25.9 Å². The Hall–Kier alpha value is -2.68. The lowest BCUT2D eigenvalue weighted by Crippen LogP contribution is -2.29. The zero-order valence-corrected chi connectivity index (χ0v) is 10.7. The van der Waals surface area contributed by atoms with Gasteiger partial charge in [-0.05, 0) is 18.2 Å². The molecule has 0 saturated carbocycles. The van der Waals surface area contributed by atoms with E-state index in [1.165, 1.54) is 18.2 Å². The van der Waals surface area contributed by atoms with Crippen LogP contribution in [0.15, 0.2) is 18.2 Å². The minimum absolute atomic E-state index is 0.0469. The van der Waals surface area contributed by atoms with E-state index in [1.807, 2.05) is 0 Å². The fraction of sp³-hybridized carbons (Fsp3) is 0.100. The zero-order valence-electron chi connectivity index (χ0n) is 9.92. The second kappa shape index (κ2) is 5.97. The van der Waals surface area contributed by atoms with Crippen molar-refractivity contribution in [3.05, 3.63) is 34.6 Å².